The van der Waals surface area contributed by atoms with Gasteiger partial charge < -0.3 is 14.7 Å². The van der Waals surface area contributed by atoms with E-state index in [1.807, 2.05) is 24.3 Å². The van der Waals surface area contributed by atoms with Gasteiger partial charge in [0, 0.05) is 17.1 Å². The molecule has 0 radical (unpaired) electrons. The van der Waals surface area contributed by atoms with Gasteiger partial charge in [-0.1, -0.05) is 12.1 Å². The second-order valence-electron chi connectivity index (χ2n) is 7.66. The number of carbonyl (C=O) groups excluding carboxylic acids is 3. The van der Waals surface area contributed by atoms with Gasteiger partial charge in [-0.25, -0.2) is 4.79 Å². The van der Waals surface area contributed by atoms with E-state index in [1.54, 1.807) is 45.0 Å². The van der Waals surface area contributed by atoms with Gasteiger partial charge in [0.15, 0.2) is 12.6 Å². The monoisotopic (exact) mass is 393 g/mol. The predicted molar refractivity (Wildman–Crippen MR) is 110 cm³/mol. The largest absolute Gasteiger partial charge is 0.444 e. The summed E-state index contributed by atoms with van der Waals surface area (Å²) < 4.78 is 5.26. The van der Waals surface area contributed by atoms with E-state index in [4.69, 9.17) is 4.74 Å². The summed E-state index contributed by atoms with van der Waals surface area (Å²) in [7, 11) is 0. The molecule has 1 aromatic carbocycles. The summed E-state index contributed by atoms with van der Waals surface area (Å²) in [4.78, 5) is 40.3. The van der Waals surface area contributed by atoms with Crippen LogP contribution in [0.1, 0.15) is 64.6 Å². The maximum Gasteiger partial charge on any atom is 0.412 e. The van der Waals surface area contributed by atoms with Crippen molar-refractivity contribution in [2.45, 2.75) is 32.3 Å². The van der Waals surface area contributed by atoms with Gasteiger partial charge in [-0.05, 0) is 62.7 Å². The lowest BCUT2D eigenvalue weighted by Gasteiger charge is -2.20. The molecule has 0 bridgehead atoms. The number of hydrogen-bond donors (Lipinski definition) is 3. The van der Waals surface area contributed by atoms with Crippen LogP contribution >= 0.6 is 0 Å². The Morgan fingerprint density at radius 3 is 1.83 bits per heavy atom. The van der Waals surface area contributed by atoms with Crippen LogP contribution in [-0.2, 0) is 4.74 Å². The maximum atomic E-state index is 12.0. The number of hydrogen-bond acceptors (Lipinski definition) is 4. The number of rotatable bonds is 6. The van der Waals surface area contributed by atoms with E-state index in [2.05, 4.69) is 15.3 Å². The van der Waals surface area contributed by atoms with Crippen LogP contribution in [0.25, 0.3) is 0 Å². The van der Waals surface area contributed by atoms with Gasteiger partial charge in [0.25, 0.3) is 0 Å². The molecule has 0 atom stereocenters. The fourth-order valence-corrected chi connectivity index (χ4v) is 3.04. The third-order valence-electron chi connectivity index (χ3n) is 4.23. The number of aldehydes is 2. The molecule has 0 saturated carbocycles. The van der Waals surface area contributed by atoms with E-state index in [-0.39, 0.29) is 5.92 Å². The van der Waals surface area contributed by atoms with Crippen molar-refractivity contribution >= 4 is 24.4 Å². The highest BCUT2D eigenvalue weighted by Gasteiger charge is 2.21. The molecular weight excluding hydrogens is 370 g/mol. The van der Waals surface area contributed by atoms with Gasteiger partial charge in [-0.15, -0.1) is 0 Å². The second-order valence-corrected chi connectivity index (χ2v) is 7.66. The summed E-state index contributed by atoms with van der Waals surface area (Å²) in [6.45, 7) is 5.40. The Morgan fingerprint density at radius 2 is 1.41 bits per heavy atom. The van der Waals surface area contributed by atoms with Crippen molar-refractivity contribution in [1.29, 1.82) is 0 Å². The molecule has 3 aromatic rings. The Bertz CT molecular complexity index is 963. The van der Waals surface area contributed by atoms with Crippen molar-refractivity contribution in [2.75, 3.05) is 5.32 Å². The molecule has 29 heavy (non-hydrogen) atoms. The molecule has 0 aliphatic heterocycles. The second kappa shape index (κ2) is 8.18. The van der Waals surface area contributed by atoms with E-state index >= 15 is 0 Å². The van der Waals surface area contributed by atoms with Crippen LogP contribution in [0.2, 0.25) is 0 Å². The van der Waals surface area contributed by atoms with E-state index in [0.717, 1.165) is 29.5 Å². The lowest BCUT2D eigenvalue weighted by molar-refractivity contribution is 0.0635. The third kappa shape index (κ3) is 5.01. The van der Waals surface area contributed by atoms with E-state index in [0.29, 0.717) is 17.1 Å². The fourth-order valence-electron chi connectivity index (χ4n) is 3.04. The normalized spacial score (nSPS) is 11.3. The first kappa shape index (κ1) is 20.1. The van der Waals surface area contributed by atoms with E-state index < -0.39 is 11.7 Å². The molecule has 2 aromatic heterocycles. The van der Waals surface area contributed by atoms with Crippen molar-refractivity contribution in [2.24, 2.45) is 0 Å². The van der Waals surface area contributed by atoms with Crippen LogP contribution in [0.4, 0.5) is 10.5 Å². The van der Waals surface area contributed by atoms with Gasteiger partial charge in [-0.2, -0.15) is 0 Å². The lowest BCUT2D eigenvalue weighted by Crippen LogP contribution is -2.27. The molecule has 0 aliphatic rings. The molecule has 7 nitrogen and oxygen atoms in total. The topological polar surface area (TPSA) is 104 Å². The average molecular weight is 393 g/mol. The highest BCUT2D eigenvalue weighted by molar-refractivity contribution is 5.84. The van der Waals surface area contributed by atoms with Crippen molar-refractivity contribution in [3.63, 3.8) is 0 Å². The summed E-state index contributed by atoms with van der Waals surface area (Å²) in [5.41, 5.74) is 3.48. The quantitative estimate of drug-likeness (QED) is 0.537. The zero-order valence-corrected chi connectivity index (χ0v) is 16.5. The standard InChI is InChI=1S/C22H23N3O4/c1-22(2,3)29-21(28)25-15-6-4-14(5-7-15)20(18-10-8-16(12-26)23-18)19-11-9-17(13-27)24-19/h4-13,20,23-24H,1-3H3,(H,25,28). The number of nitrogens with one attached hydrogen (secondary N) is 3. The minimum Gasteiger partial charge on any atom is -0.444 e. The number of aromatic nitrogens is 2. The van der Waals surface area contributed by atoms with Crippen molar-refractivity contribution in [1.82, 2.24) is 9.97 Å². The molecular formula is C22H23N3O4. The summed E-state index contributed by atoms with van der Waals surface area (Å²) in [6.07, 6.45) is 0.974. The molecule has 0 unspecified atom stereocenters. The summed E-state index contributed by atoms with van der Waals surface area (Å²) in [6, 6.07) is 14.4. The van der Waals surface area contributed by atoms with E-state index in [1.165, 1.54) is 0 Å². The molecule has 0 fully saturated rings. The highest BCUT2D eigenvalue weighted by atomic mass is 16.6. The summed E-state index contributed by atoms with van der Waals surface area (Å²) >= 11 is 0. The average Bonchev–Trinajstić information content (AvgIpc) is 3.31. The van der Waals surface area contributed by atoms with Crippen LogP contribution in [0.15, 0.2) is 48.5 Å². The Morgan fingerprint density at radius 1 is 0.897 bits per heavy atom. The third-order valence-corrected chi connectivity index (χ3v) is 4.23. The van der Waals surface area contributed by atoms with Crippen LogP contribution in [-0.4, -0.2) is 34.2 Å². The molecule has 150 valence electrons. The van der Waals surface area contributed by atoms with Crippen molar-refractivity contribution < 1.29 is 19.1 Å². The van der Waals surface area contributed by atoms with Crippen molar-refractivity contribution in [3.05, 3.63) is 76.9 Å². The minimum absolute atomic E-state index is 0.243. The van der Waals surface area contributed by atoms with Crippen LogP contribution < -0.4 is 5.32 Å². The molecule has 0 aliphatic carbocycles. The predicted octanol–water partition coefficient (Wildman–Crippen LogP) is 4.50. The number of carbonyl (C=O) groups is 3. The number of amides is 1. The first-order valence-corrected chi connectivity index (χ1v) is 9.17. The Balaban J connectivity index is 1.88. The zero-order valence-electron chi connectivity index (χ0n) is 16.5. The summed E-state index contributed by atoms with van der Waals surface area (Å²) in [5, 5.41) is 2.70. The molecule has 7 heteroatoms. The lowest BCUT2D eigenvalue weighted by atomic mass is 9.92. The van der Waals surface area contributed by atoms with Gasteiger partial charge in [0.05, 0.1) is 17.3 Å². The number of H-pyrrole nitrogens is 2. The van der Waals surface area contributed by atoms with Gasteiger partial charge in [0.1, 0.15) is 5.60 Å². The number of anilines is 1. The molecule has 1 amide bonds. The Labute approximate surface area is 168 Å². The van der Waals surface area contributed by atoms with E-state index in [9.17, 15) is 14.4 Å². The Hall–Kier alpha value is -3.61. The molecule has 3 rings (SSSR count). The fraction of sp³-hybridized carbons (Fsp3) is 0.227. The number of aromatic amines is 2. The first-order valence-electron chi connectivity index (χ1n) is 9.17. The molecule has 3 N–H and O–H groups in total. The smallest absolute Gasteiger partial charge is 0.412 e. The van der Waals surface area contributed by atoms with Crippen LogP contribution in [0, 0.1) is 0 Å². The minimum atomic E-state index is -0.580. The molecule has 2 heterocycles. The number of benzene rings is 1. The zero-order chi connectivity index (χ0) is 21.0. The highest BCUT2D eigenvalue weighted by Crippen LogP contribution is 2.31. The van der Waals surface area contributed by atoms with Crippen molar-refractivity contribution in [3.8, 4) is 0 Å². The van der Waals surface area contributed by atoms with Gasteiger partial charge in [-0.3, -0.25) is 14.9 Å². The first-order chi connectivity index (χ1) is 13.8. The SMILES string of the molecule is CC(C)(C)OC(=O)Nc1ccc(C(c2ccc(C=O)[nH]2)c2ccc(C=O)[nH]2)cc1. The molecule has 0 saturated heterocycles. The number of ether oxygens (including phenoxy) is 1. The van der Waals surface area contributed by atoms with Crippen LogP contribution in [0.5, 0.6) is 0 Å². The van der Waals surface area contributed by atoms with Gasteiger partial charge >= 0.3 is 6.09 Å². The van der Waals surface area contributed by atoms with Crippen LogP contribution in [0.3, 0.4) is 0 Å². The maximum absolute atomic E-state index is 12.0. The molecule has 0 spiro atoms. The Kier molecular flexibility index (Phi) is 5.68. The van der Waals surface area contributed by atoms with Gasteiger partial charge in [0.2, 0.25) is 0 Å². The summed E-state index contributed by atoms with van der Waals surface area (Å²) in [5.74, 6) is -0.243.